The molecule has 0 saturated carbocycles. The van der Waals surface area contributed by atoms with Gasteiger partial charge in [-0.25, -0.2) is 0 Å². The SMILES string of the molecule is CN(C)CCN(CC(=O)O)CC(=O)N(C)C1=CCCC1. The molecule has 0 heterocycles. The van der Waals surface area contributed by atoms with E-state index < -0.39 is 5.97 Å². The standard InChI is InChI=1S/C14H25N3O3/c1-15(2)8-9-17(11-14(19)20)10-13(18)16(3)12-6-4-5-7-12/h6H,4-5,7-11H2,1-3H3,(H,19,20). The van der Waals surface area contributed by atoms with E-state index in [-0.39, 0.29) is 19.0 Å². The second-order valence-electron chi connectivity index (χ2n) is 5.45. The predicted octanol–water partition coefficient (Wildman–Crippen LogP) is 0.461. The lowest BCUT2D eigenvalue weighted by Crippen LogP contribution is -2.42. The summed E-state index contributed by atoms with van der Waals surface area (Å²) in [6.07, 6.45) is 5.12. The number of hydrogen-bond acceptors (Lipinski definition) is 4. The Hall–Kier alpha value is -1.40. The normalized spacial score (nSPS) is 14.8. The zero-order valence-electron chi connectivity index (χ0n) is 12.6. The Morgan fingerprint density at radius 2 is 1.90 bits per heavy atom. The molecule has 1 aliphatic rings. The van der Waals surface area contributed by atoms with Gasteiger partial charge in [-0.15, -0.1) is 0 Å². The number of rotatable bonds is 8. The first-order valence-corrected chi connectivity index (χ1v) is 6.94. The van der Waals surface area contributed by atoms with Gasteiger partial charge in [-0.05, 0) is 33.4 Å². The van der Waals surface area contributed by atoms with Gasteiger partial charge in [0.15, 0.2) is 0 Å². The highest BCUT2D eigenvalue weighted by Gasteiger charge is 2.20. The number of carboxylic acids is 1. The van der Waals surface area contributed by atoms with Crippen LogP contribution in [-0.4, -0.2) is 79.0 Å². The van der Waals surface area contributed by atoms with Crippen LogP contribution < -0.4 is 0 Å². The molecule has 0 atom stereocenters. The van der Waals surface area contributed by atoms with Gasteiger partial charge in [0.05, 0.1) is 13.1 Å². The minimum Gasteiger partial charge on any atom is -0.480 e. The minimum absolute atomic E-state index is 0.0434. The van der Waals surface area contributed by atoms with E-state index in [1.807, 2.05) is 19.0 Å². The Balaban J connectivity index is 2.53. The van der Waals surface area contributed by atoms with Crippen molar-refractivity contribution in [2.24, 2.45) is 0 Å². The number of allylic oxidation sites excluding steroid dienone is 2. The summed E-state index contributed by atoms with van der Waals surface area (Å²) in [7, 11) is 5.62. The van der Waals surface area contributed by atoms with Gasteiger partial charge in [-0.1, -0.05) is 6.08 Å². The van der Waals surface area contributed by atoms with Crippen molar-refractivity contribution in [2.45, 2.75) is 19.3 Å². The summed E-state index contributed by atoms with van der Waals surface area (Å²) in [5, 5.41) is 8.92. The lowest BCUT2D eigenvalue weighted by Gasteiger charge is -2.25. The molecular formula is C14H25N3O3. The molecule has 0 spiro atoms. The highest BCUT2D eigenvalue weighted by Crippen LogP contribution is 2.20. The second kappa shape index (κ2) is 8.01. The molecule has 114 valence electrons. The lowest BCUT2D eigenvalue weighted by atomic mass is 10.3. The molecule has 20 heavy (non-hydrogen) atoms. The summed E-state index contributed by atoms with van der Waals surface area (Å²) in [6, 6.07) is 0. The molecule has 1 N–H and O–H groups in total. The van der Waals surface area contributed by atoms with Gasteiger partial charge in [-0.3, -0.25) is 14.5 Å². The number of likely N-dealkylation sites (N-methyl/N-ethyl adjacent to an activating group) is 2. The van der Waals surface area contributed by atoms with E-state index in [9.17, 15) is 9.59 Å². The Morgan fingerprint density at radius 1 is 1.20 bits per heavy atom. The van der Waals surface area contributed by atoms with Crippen molar-refractivity contribution in [3.8, 4) is 0 Å². The summed E-state index contributed by atoms with van der Waals surface area (Å²) >= 11 is 0. The highest BCUT2D eigenvalue weighted by molar-refractivity contribution is 5.80. The number of carboxylic acid groups (broad SMARTS) is 1. The average Bonchev–Trinajstić information content (AvgIpc) is 2.87. The topological polar surface area (TPSA) is 64.1 Å². The van der Waals surface area contributed by atoms with Crippen LogP contribution in [0.3, 0.4) is 0 Å². The third-order valence-electron chi connectivity index (χ3n) is 3.40. The van der Waals surface area contributed by atoms with E-state index in [4.69, 9.17) is 5.11 Å². The Bertz CT molecular complexity index is 380. The van der Waals surface area contributed by atoms with Gasteiger partial charge in [0.25, 0.3) is 0 Å². The number of aliphatic carboxylic acids is 1. The van der Waals surface area contributed by atoms with E-state index in [1.54, 1.807) is 16.8 Å². The number of amides is 1. The van der Waals surface area contributed by atoms with Crippen molar-refractivity contribution in [1.29, 1.82) is 0 Å². The lowest BCUT2D eigenvalue weighted by molar-refractivity contribution is -0.139. The first-order valence-electron chi connectivity index (χ1n) is 6.94. The number of nitrogens with zero attached hydrogens (tertiary/aromatic N) is 3. The van der Waals surface area contributed by atoms with Crippen LogP contribution in [0.1, 0.15) is 19.3 Å². The summed E-state index contributed by atoms with van der Waals surface area (Å²) in [4.78, 5) is 28.4. The molecule has 0 fully saturated rings. The van der Waals surface area contributed by atoms with Gasteiger partial charge < -0.3 is 14.9 Å². The summed E-state index contributed by atoms with van der Waals surface area (Å²) < 4.78 is 0. The van der Waals surface area contributed by atoms with Crippen LogP contribution in [0.5, 0.6) is 0 Å². The summed E-state index contributed by atoms with van der Waals surface area (Å²) in [5.74, 6) is -0.947. The molecule has 0 aromatic heterocycles. The third kappa shape index (κ3) is 5.71. The van der Waals surface area contributed by atoms with Crippen molar-refractivity contribution in [3.05, 3.63) is 11.8 Å². The second-order valence-corrected chi connectivity index (χ2v) is 5.45. The zero-order chi connectivity index (χ0) is 15.1. The van der Waals surface area contributed by atoms with Crippen molar-refractivity contribution in [1.82, 2.24) is 14.7 Å². The Morgan fingerprint density at radius 3 is 2.40 bits per heavy atom. The molecule has 0 unspecified atom stereocenters. The third-order valence-corrected chi connectivity index (χ3v) is 3.40. The van der Waals surface area contributed by atoms with E-state index >= 15 is 0 Å². The van der Waals surface area contributed by atoms with Crippen LogP contribution in [0.15, 0.2) is 11.8 Å². The van der Waals surface area contributed by atoms with Crippen molar-refractivity contribution in [2.75, 3.05) is 47.3 Å². The fraction of sp³-hybridized carbons (Fsp3) is 0.714. The summed E-state index contributed by atoms with van der Waals surface area (Å²) in [5.41, 5.74) is 1.05. The molecule has 0 radical (unpaired) electrons. The average molecular weight is 283 g/mol. The van der Waals surface area contributed by atoms with E-state index in [2.05, 4.69) is 6.08 Å². The van der Waals surface area contributed by atoms with Gasteiger partial charge in [0, 0.05) is 25.8 Å². The van der Waals surface area contributed by atoms with Gasteiger partial charge in [0.1, 0.15) is 0 Å². The molecule has 0 aromatic carbocycles. The maximum atomic E-state index is 12.2. The maximum Gasteiger partial charge on any atom is 0.317 e. The van der Waals surface area contributed by atoms with Crippen LogP contribution >= 0.6 is 0 Å². The van der Waals surface area contributed by atoms with Crippen LogP contribution in [0.2, 0.25) is 0 Å². The van der Waals surface area contributed by atoms with Gasteiger partial charge in [0.2, 0.25) is 5.91 Å². The van der Waals surface area contributed by atoms with Crippen LogP contribution in [0, 0.1) is 0 Å². The first kappa shape index (κ1) is 16.7. The molecule has 0 bridgehead atoms. The van der Waals surface area contributed by atoms with E-state index in [0.717, 1.165) is 31.5 Å². The molecule has 1 aliphatic carbocycles. The maximum absolute atomic E-state index is 12.2. The molecule has 6 nitrogen and oxygen atoms in total. The number of hydrogen-bond donors (Lipinski definition) is 1. The minimum atomic E-state index is -0.903. The monoisotopic (exact) mass is 283 g/mol. The predicted molar refractivity (Wildman–Crippen MR) is 77.3 cm³/mol. The molecule has 1 rings (SSSR count). The molecule has 0 aromatic rings. The fourth-order valence-corrected chi connectivity index (χ4v) is 2.16. The highest BCUT2D eigenvalue weighted by atomic mass is 16.4. The van der Waals surface area contributed by atoms with Gasteiger partial charge >= 0.3 is 5.97 Å². The largest absolute Gasteiger partial charge is 0.480 e. The molecule has 0 aliphatic heterocycles. The zero-order valence-corrected chi connectivity index (χ0v) is 12.6. The smallest absolute Gasteiger partial charge is 0.317 e. The quantitative estimate of drug-likeness (QED) is 0.701. The molecule has 0 saturated heterocycles. The van der Waals surface area contributed by atoms with Crippen LogP contribution in [0.4, 0.5) is 0 Å². The van der Waals surface area contributed by atoms with Gasteiger partial charge in [-0.2, -0.15) is 0 Å². The van der Waals surface area contributed by atoms with Crippen molar-refractivity contribution in [3.63, 3.8) is 0 Å². The fourth-order valence-electron chi connectivity index (χ4n) is 2.16. The van der Waals surface area contributed by atoms with Crippen molar-refractivity contribution >= 4 is 11.9 Å². The molecular weight excluding hydrogens is 258 g/mol. The molecule has 6 heteroatoms. The Kier molecular flexibility index (Phi) is 6.67. The molecule has 1 amide bonds. The Labute approximate surface area is 120 Å². The first-order chi connectivity index (χ1) is 9.40. The number of carbonyl (C=O) groups excluding carboxylic acids is 1. The van der Waals surface area contributed by atoms with E-state index in [0.29, 0.717) is 6.54 Å². The summed E-state index contributed by atoms with van der Waals surface area (Å²) in [6.45, 7) is 1.34. The van der Waals surface area contributed by atoms with E-state index in [1.165, 1.54) is 0 Å². The number of carbonyl (C=O) groups is 2. The van der Waals surface area contributed by atoms with Crippen LogP contribution in [-0.2, 0) is 9.59 Å². The van der Waals surface area contributed by atoms with Crippen molar-refractivity contribution < 1.29 is 14.7 Å². The van der Waals surface area contributed by atoms with Crippen LogP contribution in [0.25, 0.3) is 0 Å².